The zero-order valence-electron chi connectivity index (χ0n) is 8.00. The van der Waals surface area contributed by atoms with Crippen LogP contribution < -0.4 is 5.32 Å². The first-order valence-corrected chi connectivity index (χ1v) is 6.15. The molecule has 78 valence electrons. The smallest absolute Gasteiger partial charge is 0.0737 e. The first-order valence-electron chi connectivity index (χ1n) is 4.65. The highest BCUT2D eigenvalue weighted by molar-refractivity contribution is 9.09. The van der Waals surface area contributed by atoms with Crippen molar-refractivity contribution in [2.45, 2.75) is 0 Å². The molecule has 1 aromatic heterocycles. The highest BCUT2D eigenvalue weighted by atomic mass is 79.9. The minimum absolute atomic E-state index is 0.715. The van der Waals surface area contributed by atoms with Gasteiger partial charge in [-0.25, -0.2) is 0 Å². The summed E-state index contributed by atoms with van der Waals surface area (Å²) in [5.41, 5.74) is 2.01. The van der Waals surface area contributed by atoms with Gasteiger partial charge in [-0.3, -0.25) is 4.98 Å². The number of fused-ring (bicyclic) bond motifs is 1. The number of rotatable bonds is 3. The van der Waals surface area contributed by atoms with Gasteiger partial charge in [0.05, 0.1) is 5.52 Å². The Morgan fingerprint density at radius 1 is 1.33 bits per heavy atom. The second kappa shape index (κ2) is 4.81. The number of hydrogen-bond acceptors (Lipinski definition) is 2. The Kier molecular flexibility index (Phi) is 3.44. The van der Waals surface area contributed by atoms with E-state index in [-0.39, 0.29) is 0 Å². The Morgan fingerprint density at radius 3 is 3.00 bits per heavy atom. The van der Waals surface area contributed by atoms with E-state index in [1.807, 2.05) is 24.3 Å². The molecule has 0 saturated heterocycles. The average molecular weight is 286 g/mol. The maximum Gasteiger partial charge on any atom is 0.0737 e. The topological polar surface area (TPSA) is 24.9 Å². The Morgan fingerprint density at radius 2 is 2.20 bits per heavy atom. The van der Waals surface area contributed by atoms with Crippen molar-refractivity contribution < 1.29 is 0 Å². The number of anilines is 1. The molecule has 0 aliphatic heterocycles. The fraction of sp³-hybridized carbons (Fsp3) is 0.182. The fourth-order valence-electron chi connectivity index (χ4n) is 1.46. The number of aromatic nitrogens is 1. The summed E-state index contributed by atoms with van der Waals surface area (Å²) in [6.07, 6.45) is 1.79. The lowest BCUT2D eigenvalue weighted by molar-refractivity contribution is 1.24. The highest BCUT2D eigenvalue weighted by Crippen LogP contribution is 2.24. The van der Waals surface area contributed by atoms with E-state index < -0.39 is 0 Å². The summed E-state index contributed by atoms with van der Waals surface area (Å²) in [6.45, 7) is 0.891. The Labute approximate surface area is 102 Å². The molecule has 0 spiro atoms. The molecule has 0 unspecified atom stereocenters. The molecule has 0 aliphatic carbocycles. The number of nitrogens with zero attached hydrogens (tertiary/aromatic N) is 1. The third kappa shape index (κ3) is 2.41. The summed E-state index contributed by atoms with van der Waals surface area (Å²) in [6, 6.07) is 7.71. The van der Waals surface area contributed by atoms with Gasteiger partial charge in [0.15, 0.2) is 0 Å². The maximum absolute atomic E-state index is 5.91. The molecule has 0 saturated carbocycles. The third-order valence-electron chi connectivity index (χ3n) is 2.11. The molecule has 1 aromatic carbocycles. The van der Waals surface area contributed by atoms with Crippen LogP contribution in [-0.4, -0.2) is 16.9 Å². The summed E-state index contributed by atoms with van der Waals surface area (Å²) in [4.78, 5) is 4.27. The van der Waals surface area contributed by atoms with Gasteiger partial charge in [0, 0.05) is 34.2 Å². The average Bonchev–Trinajstić information content (AvgIpc) is 2.25. The predicted octanol–water partition coefficient (Wildman–Crippen LogP) is 3.70. The van der Waals surface area contributed by atoms with E-state index in [4.69, 9.17) is 11.6 Å². The van der Waals surface area contributed by atoms with Gasteiger partial charge in [0.2, 0.25) is 0 Å². The zero-order chi connectivity index (χ0) is 10.7. The van der Waals surface area contributed by atoms with Crippen molar-refractivity contribution in [2.75, 3.05) is 17.2 Å². The van der Waals surface area contributed by atoms with E-state index in [0.29, 0.717) is 5.02 Å². The number of nitrogens with one attached hydrogen (secondary N) is 1. The Bertz CT molecular complexity index is 473. The number of alkyl halides is 1. The lowest BCUT2D eigenvalue weighted by Crippen LogP contribution is -2.02. The van der Waals surface area contributed by atoms with Crippen LogP contribution in [0.4, 0.5) is 5.69 Å². The summed E-state index contributed by atoms with van der Waals surface area (Å²) in [7, 11) is 0. The van der Waals surface area contributed by atoms with Crippen molar-refractivity contribution in [3.63, 3.8) is 0 Å². The van der Waals surface area contributed by atoms with Crippen molar-refractivity contribution in [1.29, 1.82) is 0 Å². The molecule has 2 nitrogen and oxygen atoms in total. The summed E-state index contributed by atoms with van der Waals surface area (Å²) in [5.74, 6) is 0. The van der Waals surface area contributed by atoms with E-state index in [0.717, 1.165) is 28.5 Å². The molecule has 0 fully saturated rings. The lowest BCUT2D eigenvalue weighted by atomic mass is 10.2. The molecular weight excluding hydrogens is 275 g/mol. The van der Waals surface area contributed by atoms with Crippen LogP contribution in [-0.2, 0) is 0 Å². The van der Waals surface area contributed by atoms with Crippen LogP contribution in [0.5, 0.6) is 0 Å². The van der Waals surface area contributed by atoms with Crippen LogP contribution in [0.15, 0.2) is 30.5 Å². The van der Waals surface area contributed by atoms with E-state index >= 15 is 0 Å². The van der Waals surface area contributed by atoms with Gasteiger partial charge in [-0.05, 0) is 24.3 Å². The molecule has 0 radical (unpaired) electrons. The van der Waals surface area contributed by atoms with Gasteiger partial charge in [-0.2, -0.15) is 0 Å². The van der Waals surface area contributed by atoms with Crippen molar-refractivity contribution in [3.8, 4) is 0 Å². The molecule has 4 heteroatoms. The van der Waals surface area contributed by atoms with Gasteiger partial charge < -0.3 is 5.32 Å². The molecule has 0 aliphatic rings. The Balaban J connectivity index is 2.46. The summed E-state index contributed by atoms with van der Waals surface area (Å²) >= 11 is 9.29. The SMILES string of the molecule is Clc1ccc2c(NCCBr)ccnc2c1. The first kappa shape index (κ1) is 10.7. The van der Waals surface area contributed by atoms with Crippen LogP contribution >= 0.6 is 27.5 Å². The Hall–Kier alpha value is -0.800. The zero-order valence-corrected chi connectivity index (χ0v) is 10.3. The van der Waals surface area contributed by atoms with Crippen LogP contribution in [0.25, 0.3) is 10.9 Å². The van der Waals surface area contributed by atoms with Gasteiger partial charge in [-0.15, -0.1) is 0 Å². The van der Waals surface area contributed by atoms with Crippen LogP contribution in [0, 0.1) is 0 Å². The number of hydrogen-bond donors (Lipinski definition) is 1. The van der Waals surface area contributed by atoms with E-state index in [9.17, 15) is 0 Å². The van der Waals surface area contributed by atoms with Crippen molar-refractivity contribution in [3.05, 3.63) is 35.5 Å². The number of halogens is 2. The summed E-state index contributed by atoms with van der Waals surface area (Å²) < 4.78 is 0. The van der Waals surface area contributed by atoms with E-state index in [2.05, 4.69) is 26.2 Å². The minimum Gasteiger partial charge on any atom is -0.384 e. The van der Waals surface area contributed by atoms with Gasteiger partial charge in [-0.1, -0.05) is 27.5 Å². The second-order valence-corrected chi connectivity index (χ2v) is 4.37. The molecule has 1 heterocycles. The largest absolute Gasteiger partial charge is 0.384 e. The quantitative estimate of drug-likeness (QED) is 0.870. The second-order valence-electron chi connectivity index (χ2n) is 3.14. The monoisotopic (exact) mass is 284 g/mol. The lowest BCUT2D eigenvalue weighted by Gasteiger charge is -2.07. The van der Waals surface area contributed by atoms with Gasteiger partial charge >= 0.3 is 0 Å². The van der Waals surface area contributed by atoms with Gasteiger partial charge in [0.25, 0.3) is 0 Å². The highest BCUT2D eigenvalue weighted by Gasteiger charge is 2.01. The fourth-order valence-corrected chi connectivity index (χ4v) is 1.82. The molecular formula is C11H10BrClN2. The molecule has 1 N–H and O–H groups in total. The van der Waals surface area contributed by atoms with E-state index in [1.165, 1.54) is 0 Å². The molecule has 0 bridgehead atoms. The molecule has 0 atom stereocenters. The van der Waals surface area contributed by atoms with Crippen molar-refractivity contribution in [2.24, 2.45) is 0 Å². The molecule has 15 heavy (non-hydrogen) atoms. The summed E-state index contributed by atoms with van der Waals surface area (Å²) in [5, 5.41) is 6.06. The van der Waals surface area contributed by atoms with Crippen molar-refractivity contribution >= 4 is 44.1 Å². The minimum atomic E-state index is 0.715. The molecule has 2 aromatic rings. The molecule has 0 amide bonds. The normalized spacial score (nSPS) is 10.5. The third-order valence-corrected chi connectivity index (χ3v) is 2.75. The van der Waals surface area contributed by atoms with E-state index in [1.54, 1.807) is 6.20 Å². The standard InChI is InChI=1S/C11H10BrClN2/c12-4-6-15-10-3-5-14-11-7-8(13)1-2-9(10)11/h1-3,5,7H,4,6H2,(H,14,15). The predicted molar refractivity (Wildman–Crippen MR) is 69.0 cm³/mol. The van der Waals surface area contributed by atoms with Crippen LogP contribution in [0.1, 0.15) is 0 Å². The number of pyridine rings is 1. The van der Waals surface area contributed by atoms with Crippen LogP contribution in [0.3, 0.4) is 0 Å². The van der Waals surface area contributed by atoms with Crippen LogP contribution in [0.2, 0.25) is 5.02 Å². The first-order chi connectivity index (χ1) is 7.31. The van der Waals surface area contributed by atoms with Crippen molar-refractivity contribution in [1.82, 2.24) is 4.98 Å². The molecule has 2 rings (SSSR count). The van der Waals surface area contributed by atoms with Gasteiger partial charge in [0.1, 0.15) is 0 Å². The maximum atomic E-state index is 5.91. The number of benzene rings is 1.